The van der Waals surface area contributed by atoms with E-state index in [1.165, 1.54) is 24.1 Å². The van der Waals surface area contributed by atoms with Crippen LogP contribution in [0.15, 0.2) is 108 Å². The third kappa shape index (κ3) is 8.45. The zero-order valence-electron chi connectivity index (χ0n) is 26.8. The Kier molecular flexibility index (Phi) is 11.4. The molecule has 0 heterocycles. The quantitative estimate of drug-likeness (QED) is 0.198. The molecule has 2 amide bonds. The topological polar surface area (TPSA) is 105 Å². The van der Waals surface area contributed by atoms with Crippen molar-refractivity contribution >= 4 is 27.5 Å². The van der Waals surface area contributed by atoms with Gasteiger partial charge < -0.3 is 19.7 Å². The molecule has 1 atom stereocenters. The SMILES string of the molecule is COc1cccc(CN(C(=O)CN(c2cc(C)ccc2OC)S(=O)(=O)c2ccccc2)[C@H](Cc2ccccc2)C(=O)NC(C)C)c1. The zero-order chi connectivity index (χ0) is 33.3. The molecule has 10 heteroatoms. The molecule has 0 aliphatic carbocycles. The first-order chi connectivity index (χ1) is 22.0. The number of ether oxygens (including phenoxy) is 2. The molecule has 0 saturated heterocycles. The number of carbonyl (C=O) groups excluding carboxylic acids is 2. The lowest BCUT2D eigenvalue weighted by atomic mass is 10.0. The Labute approximate surface area is 271 Å². The van der Waals surface area contributed by atoms with Gasteiger partial charge in [0.15, 0.2) is 0 Å². The highest BCUT2D eigenvalue weighted by molar-refractivity contribution is 7.92. The molecule has 242 valence electrons. The van der Waals surface area contributed by atoms with E-state index in [-0.39, 0.29) is 41.2 Å². The summed E-state index contributed by atoms with van der Waals surface area (Å²) in [6.45, 7) is 4.98. The zero-order valence-corrected chi connectivity index (χ0v) is 27.7. The second-order valence-electron chi connectivity index (χ2n) is 11.2. The number of anilines is 1. The Bertz CT molecular complexity index is 1730. The summed E-state index contributed by atoms with van der Waals surface area (Å²) < 4.78 is 40.6. The average molecular weight is 644 g/mol. The lowest BCUT2D eigenvalue weighted by molar-refractivity contribution is -0.140. The summed E-state index contributed by atoms with van der Waals surface area (Å²) >= 11 is 0. The van der Waals surface area contributed by atoms with E-state index in [9.17, 15) is 18.0 Å². The van der Waals surface area contributed by atoms with Gasteiger partial charge in [-0.2, -0.15) is 0 Å². The number of hydrogen-bond donors (Lipinski definition) is 1. The molecular formula is C36H41N3O6S. The number of carbonyl (C=O) groups is 2. The standard InChI is InChI=1S/C36H41N3O6S/c1-26(2)37-36(41)33(23-28-13-8-6-9-14-28)38(24-29-15-12-16-30(22-29)44-4)35(40)25-39(32-21-27(3)19-20-34(32)45-5)46(42,43)31-17-10-7-11-18-31/h6-22,26,33H,23-25H2,1-5H3,(H,37,41)/t33-/m1/s1. The molecule has 0 aliphatic heterocycles. The fourth-order valence-electron chi connectivity index (χ4n) is 5.13. The molecule has 0 spiro atoms. The fraction of sp³-hybridized carbons (Fsp3) is 0.278. The van der Waals surface area contributed by atoms with Gasteiger partial charge in [0.1, 0.15) is 24.1 Å². The van der Waals surface area contributed by atoms with Gasteiger partial charge in [0.2, 0.25) is 11.8 Å². The molecule has 0 bridgehead atoms. The Hall–Kier alpha value is -4.83. The Morgan fingerprint density at radius 2 is 1.46 bits per heavy atom. The monoisotopic (exact) mass is 643 g/mol. The van der Waals surface area contributed by atoms with Gasteiger partial charge in [-0.1, -0.05) is 66.7 Å². The smallest absolute Gasteiger partial charge is 0.264 e. The molecule has 4 aromatic carbocycles. The van der Waals surface area contributed by atoms with Crippen molar-refractivity contribution < 1.29 is 27.5 Å². The minimum atomic E-state index is -4.25. The summed E-state index contributed by atoms with van der Waals surface area (Å²) in [6.07, 6.45) is 0.217. The predicted octanol–water partition coefficient (Wildman–Crippen LogP) is 5.37. The number of rotatable bonds is 14. The van der Waals surface area contributed by atoms with E-state index < -0.39 is 28.5 Å². The maximum absolute atomic E-state index is 14.6. The summed E-state index contributed by atoms with van der Waals surface area (Å²) in [4.78, 5) is 30.0. The lowest BCUT2D eigenvalue weighted by Gasteiger charge is -2.34. The van der Waals surface area contributed by atoms with Crippen LogP contribution >= 0.6 is 0 Å². The maximum atomic E-state index is 14.6. The van der Waals surface area contributed by atoms with Crippen LogP contribution in [0.25, 0.3) is 0 Å². The van der Waals surface area contributed by atoms with Crippen molar-refractivity contribution in [3.63, 3.8) is 0 Å². The lowest BCUT2D eigenvalue weighted by Crippen LogP contribution is -2.54. The fourth-order valence-corrected chi connectivity index (χ4v) is 6.57. The maximum Gasteiger partial charge on any atom is 0.264 e. The number of aryl methyl sites for hydroxylation is 1. The molecule has 9 nitrogen and oxygen atoms in total. The van der Waals surface area contributed by atoms with Gasteiger partial charge >= 0.3 is 0 Å². The highest BCUT2D eigenvalue weighted by Crippen LogP contribution is 2.34. The van der Waals surface area contributed by atoms with E-state index >= 15 is 0 Å². The van der Waals surface area contributed by atoms with Gasteiger partial charge in [-0.15, -0.1) is 0 Å². The van der Waals surface area contributed by atoms with Crippen molar-refractivity contribution in [2.24, 2.45) is 0 Å². The van der Waals surface area contributed by atoms with Crippen LogP contribution in [0.2, 0.25) is 0 Å². The van der Waals surface area contributed by atoms with E-state index in [1.54, 1.807) is 61.7 Å². The number of sulfonamides is 1. The van der Waals surface area contributed by atoms with Crippen molar-refractivity contribution in [1.29, 1.82) is 0 Å². The first-order valence-corrected chi connectivity index (χ1v) is 16.5. The molecule has 0 unspecified atom stereocenters. The summed E-state index contributed by atoms with van der Waals surface area (Å²) in [6, 6.07) is 28.6. The predicted molar refractivity (Wildman–Crippen MR) is 179 cm³/mol. The molecule has 0 radical (unpaired) electrons. The van der Waals surface area contributed by atoms with E-state index in [2.05, 4.69) is 5.32 Å². The van der Waals surface area contributed by atoms with E-state index in [4.69, 9.17) is 9.47 Å². The van der Waals surface area contributed by atoms with E-state index in [0.29, 0.717) is 11.3 Å². The summed E-state index contributed by atoms with van der Waals surface area (Å²) in [5, 5.41) is 2.96. The Morgan fingerprint density at radius 3 is 2.09 bits per heavy atom. The number of amides is 2. The largest absolute Gasteiger partial charge is 0.497 e. The van der Waals surface area contributed by atoms with Crippen LogP contribution in [0.1, 0.15) is 30.5 Å². The van der Waals surface area contributed by atoms with Crippen molar-refractivity contribution in [2.75, 3.05) is 25.1 Å². The molecular weight excluding hydrogens is 602 g/mol. The molecule has 0 aromatic heterocycles. The van der Waals surface area contributed by atoms with Crippen LogP contribution in [-0.2, 0) is 32.6 Å². The van der Waals surface area contributed by atoms with Crippen LogP contribution < -0.4 is 19.1 Å². The number of nitrogens with zero attached hydrogens (tertiary/aromatic N) is 2. The van der Waals surface area contributed by atoms with Crippen molar-refractivity contribution in [1.82, 2.24) is 10.2 Å². The minimum absolute atomic E-state index is 0.0177. The minimum Gasteiger partial charge on any atom is -0.497 e. The van der Waals surface area contributed by atoms with Crippen LogP contribution in [0.3, 0.4) is 0 Å². The first kappa shape index (κ1) is 34.1. The van der Waals surface area contributed by atoms with Crippen LogP contribution in [0.4, 0.5) is 5.69 Å². The van der Waals surface area contributed by atoms with Crippen molar-refractivity contribution in [2.45, 2.75) is 50.7 Å². The number of benzene rings is 4. The van der Waals surface area contributed by atoms with Gasteiger partial charge in [-0.25, -0.2) is 8.42 Å². The molecule has 0 aliphatic rings. The van der Waals surface area contributed by atoms with Crippen LogP contribution in [-0.4, -0.2) is 58.0 Å². The molecule has 0 saturated carbocycles. The number of hydrogen-bond acceptors (Lipinski definition) is 6. The van der Waals surface area contributed by atoms with E-state index in [1.807, 2.05) is 57.2 Å². The summed E-state index contributed by atoms with van der Waals surface area (Å²) in [5.74, 6) is -0.0315. The molecule has 4 rings (SSSR count). The van der Waals surface area contributed by atoms with Gasteiger partial charge in [0.25, 0.3) is 10.0 Å². The summed E-state index contributed by atoms with van der Waals surface area (Å²) in [5.41, 5.74) is 2.56. The normalized spacial score (nSPS) is 11.9. The number of methoxy groups -OCH3 is 2. The molecule has 1 N–H and O–H groups in total. The van der Waals surface area contributed by atoms with Gasteiger partial charge in [-0.05, 0) is 73.9 Å². The third-order valence-corrected chi connectivity index (χ3v) is 9.18. The van der Waals surface area contributed by atoms with Crippen molar-refractivity contribution in [3.05, 3.63) is 120 Å². The van der Waals surface area contributed by atoms with Gasteiger partial charge in [0, 0.05) is 19.0 Å². The second-order valence-corrected chi connectivity index (χ2v) is 13.1. The van der Waals surface area contributed by atoms with E-state index in [0.717, 1.165) is 15.4 Å². The van der Waals surface area contributed by atoms with Crippen molar-refractivity contribution in [3.8, 4) is 11.5 Å². The van der Waals surface area contributed by atoms with Gasteiger partial charge in [-0.3, -0.25) is 13.9 Å². The Morgan fingerprint density at radius 1 is 0.804 bits per heavy atom. The highest BCUT2D eigenvalue weighted by Gasteiger charge is 2.35. The summed E-state index contributed by atoms with van der Waals surface area (Å²) in [7, 11) is -1.25. The third-order valence-electron chi connectivity index (χ3n) is 7.40. The molecule has 46 heavy (non-hydrogen) atoms. The second kappa shape index (κ2) is 15.4. The Balaban J connectivity index is 1.86. The average Bonchev–Trinajstić information content (AvgIpc) is 3.05. The molecule has 0 fully saturated rings. The van der Waals surface area contributed by atoms with Crippen LogP contribution in [0.5, 0.6) is 11.5 Å². The van der Waals surface area contributed by atoms with Gasteiger partial charge in [0.05, 0.1) is 24.8 Å². The number of nitrogens with one attached hydrogen (secondary N) is 1. The van der Waals surface area contributed by atoms with Crippen LogP contribution in [0, 0.1) is 6.92 Å². The highest BCUT2D eigenvalue weighted by atomic mass is 32.2. The first-order valence-electron chi connectivity index (χ1n) is 15.0. The molecule has 4 aromatic rings.